The first kappa shape index (κ1) is 18.0. The third-order valence-electron chi connectivity index (χ3n) is 7.21. The zero-order chi connectivity index (χ0) is 22.0. The summed E-state index contributed by atoms with van der Waals surface area (Å²) in [6.07, 6.45) is 0.00171. The van der Waals surface area contributed by atoms with E-state index in [1.807, 2.05) is 19.1 Å². The molecule has 30 heavy (non-hydrogen) atoms. The number of carbonyl (C=O) groups excluding carboxylic acids is 2. The largest absolute Gasteiger partial charge is 0.396 e. The number of ether oxygens (including phenoxy) is 1. The first-order valence-corrected chi connectivity index (χ1v) is 10.2. The standard InChI is InChI=1S/C23H22N2O5/c1-3-23-17(27)12-22(30-23,10-11-26)18-19(23)21(29)25(20(18)28)16-9-8-15(24-2)13-6-4-5-7-14(13)16/h4-9,17-19,26-27H,3,10-12H2,1H3/t17-,18+,19-,22?,23?/m1/s1/i26T. The van der Waals surface area contributed by atoms with Gasteiger partial charge in [0.25, 0.3) is 0 Å². The summed E-state index contributed by atoms with van der Waals surface area (Å²) in [5.74, 6) is -2.27. The van der Waals surface area contributed by atoms with Crippen LogP contribution in [0, 0.1) is 18.4 Å². The lowest BCUT2D eigenvalue weighted by Crippen LogP contribution is -2.51. The molecule has 2 aromatic carbocycles. The molecular weight excluding hydrogens is 384 g/mol. The molecule has 0 saturated carbocycles. The summed E-state index contributed by atoms with van der Waals surface area (Å²) in [5, 5.41) is 16.7. The number of hydrogen-bond acceptors (Lipinski definition) is 5. The topological polar surface area (TPSA) is 91.4 Å². The molecule has 2 unspecified atom stereocenters. The Kier molecular flexibility index (Phi) is 3.81. The van der Waals surface area contributed by atoms with Gasteiger partial charge in [-0.05, 0) is 23.3 Å². The smallest absolute Gasteiger partial charge is 0.240 e. The maximum absolute atomic E-state index is 13.7. The molecule has 3 fully saturated rings. The molecule has 5 atom stereocenters. The van der Waals surface area contributed by atoms with Crippen molar-refractivity contribution < 1.29 is 24.5 Å². The molecule has 5 rings (SSSR count). The molecule has 0 radical (unpaired) electrons. The second-order valence-electron chi connectivity index (χ2n) is 8.38. The first-order valence-electron chi connectivity index (χ1n) is 10.6. The van der Waals surface area contributed by atoms with Crippen molar-refractivity contribution in [3.8, 4) is 0 Å². The minimum Gasteiger partial charge on any atom is -0.396 e. The third kappa shape index (κ3) is 2.13. The highest BCUT2D eigenvalue weighted by molar-refractivity contribution is 6.26. The second kappa shape index (κ2) is 6.35. The van der Waals surface area contributed by atoms with E-state index in [4.69, 9.17) is 12.7 Å². The van der Waals surface area contributed by atoms with Crippen molar-refractivity contribution >= 4 is 34.0 Å². The fourth-order valence-corrected chi connectivity index (χ4v) is 5.95. The van der Waals surface area contributed by atoms with Crippen molar-refractivity contribution in [2.75, 3.05) is 11.5 Å². The van der Waals surface area contributed by atoms with Crippen LogP contribution in [0.1, 0.15) is 26.2 Å². The average molecular weight is 408 g/mol. The van der Waals surface area contributed by atoms with Gasteiger partial charge in [0.1, 0.15) is 5.60 Å². The van der Waals surface area contributed by atoms with Gasteiger partial charge >= 0.3 is 0 Å². The summed E-state index contributed by atoms with van der Waals surface area (Å²) in [7, 11) is 0. The number of nitrogens with zero attached hydrogens (tertiary/aromatic N) is 2. The van der Waals surface area contributed by atoms with Gasteiger partial charge in [-0.15, -0.1) is 0 Å². The molecule has 2 amide bonds. The van der Waals surface area contributed by atoms with Crippen molar-refractivity contribution in [2.45, 2.75) is 43.5 Å². The molecule has 2 N–H and O–H groups in total. The fraction of sp³-hybridized carbons (Fsp3) is 0.435. The van der Waals surface area contributed by atoms with E-state index in [2.05, 4.69) is 9.95 Å². The highest BCUT2D eigenvalue weighted by Crippen LogP contribution is 2.63. The molecule has 2 bridgehead atoms. The summed E-state index contributed by atoms with van der Waals surface area (Å²) < 4.78 is 13.4. The van der Waals surface area contributed by atoms with Crippen LogP contribution in [-0.4, -0.2) is 47.4 Å². The van der Waals surface area contributed by atoms with Crippen molar-refractivity contribution in [3.05, 3.63) is 47.8 Å². The quantitative estimate of drug-likeness (QED) is 0.586. The van der Waals surface area contributed by atoms with Gasteiger partial charge in [-0.25, -0.2) is 9.74 Å². The Morgan fingerprint density at radius 3 is 2.67 bits per heavy atom. The second-order valence-corrected chi connectivity index (χ2v) is 8.38. The lowest BCUT2D eigenvalue weighted by molar-refractivity contribution is -0.137. The van der Waals surface area contributed by atoms with Gasteiger partial charge in [0, 0.05) is 19.4 Å². The number of carbonyl (C=O) groups is 2. The van der Waals surface area contributed by atoms with Gasteiger partial charge in [0.05, 0.1) is 35.8 Å². The molecule has 7 heteroatoms. The minimum atomic E-state index is -1.12. The van der Waals surface area contributed by atoms with E-state index >= 15 is 0 Å². The van der Waals surface area contributed by atoms with Crippen molar-refractivity contribution in [3.63, 3.8) is 0 Å². The number of anilines is 1. The van der Waals surface area contributed by atoms with E-state index < -0.39 is 29.1 Å². The fourth-order valence-electron chi connectivity index (χ4n) is 5.95. The van der Waals surface area contributed by atoms with Crippen LogP contribution in [0.2, 0.25) is 0 Å². The molecular formula is C23H22N2O5. The van der Waals surface area contributed by atoms with Gasteiger partial charge < -0.3 is 15.0 Å². The number of rotatable bonds is 5. The Morgan fingerprint density at radius 2 is 1.97 bits per heavy atom. The molecule has 2 aromatic rings. The van der Waals surface area contributed by atoms with Crippen LogP contribution in [0.3, 0.4) is 0 Å². The minimum absolute atomic E-state index is 0.0415. The SMILES string of the molecule is [3H]OCCC12C[C@@H](O)C(CC)(O1)[C@H]1C(=O)N(c3ccc([N+]#[C-])c4ccccc34)C(=O)[C@H]12. The molecule has 154 valence electrons. The number of hydrogen-bond donors (Lipinski definition) is 2. The summed E-state index contributed by atoms with van der Waals surface area (Å²) in [6.45, 7) is 9.31. The number of imide groups is 1. The highest BCUT2D eigenvalue weighted by atomic mass is 16.6. The van der Waals surface area contributed by atoms with E-state index in [9.17, 15) is 14.7 Å². The molecule has 3 aliphatic rings. The van der Waals surface area contributed by atoms with Gasteiger partial charge in [-0.3, -0.25) is 9.59 Å². The maximum Gasteiger partial charge on any atom is 0.240 e. The number of aliphatic hydroxyl groups excluding tert-OH is 2. The van der Waals surface area contributed by atoms with E-state index in [0.717, 1.165) is 0 Å². The van der Waals surface area contributed by atoms with Crippen LogP contribution in [0.4, 0.5) is 11.4 Å². The van der Waals surface area contributed by atoms with E-state index in [0.29, 0.717) is 28.6 Å². The summed E-state index contributed by atoms with van der Waals surface area (Å²) in [4.78, 5) is 32.2. The maximum atomic E-state index is 13.7. The van der Waals surface area contributed by atoms with Crippen LogP contribution in [0.15, 0.2) is 36.4 Å². The number of aliphatic hydroxyl groups is 2. The Labute approximate surface area is 175 Å². The predicted molar refractivity (Wildman–Crippen MR) is 109 cm³/mol. The Hall–Kier alpha value is -2.79. The molecule has 3 saturated heterocycles. The zero-order valence-electron chi connectivity index (χ0n) is 17.5. The van der Waals surface area contributed by atoms with Gasteiger partial charge in [0.2, 0.25) is 13.2 Å². The van der Waals surface area contributed by atoms with Crippen molar-refractivity contribution in [1.82, 2.24) is 0 Å². The van der Waals surface area contributed by atoms with E-state index in [1.165, 1.54) is 4.90 Å². The first-order chi connectivity index (χ1) is 14.9. The van der Waals surface area contributed by atoms with Crippen LogP contribution < -0.4 is 4.90 Å². The molecule has 3 aliphatic heterocycles. The number of benzene rings is 2. The lowest BCUT2D eigenvalue weighted by Gasteiger charge is -2.34. The summed E-state index contributed by atoms with van der Waals surface area (Å²) in [5.41, 5.74) is -1.26. The lowest BCUT2D eigenvalue weighted by atomic mass is 9.64. The monoisotopic (exact) mass is 408 g/mol. The van der Waals surface area contributed by atoms with Crippen LogP contribution in [0.25, 0.3) is 15.6 Å². The summed E-state index contributed by atoms with van der Waals surface area (Å²) >= 11 is 0. The number of amides is 2. The van der Waals surface area contributed by atoms with Gasteiger partial charge in [-0.1, -0.05) is 37.3 Å². The van der Waals surface area contributed by atoms with Crippen LogP contribution in [0.5, 0.6) is 0 Å². The Bertz CT molecular complexity index is 1150. The summed E-state index contributed by atoms with van der Waals surface area (Å²) in [6, 6.07) is 10.5. The zero-order valence-corrected chi connectivity index (χ0v) is 16.5. The average Bonchev–Trinajstić information content (AvgIpc) is 3.35. The van der Waals surface area contributed by atoms with E-state index in [-0.39, 0.29) is 31.3 Å². The van der Waals surface area contributed by atoms with Crippen molar-refractivity contribution in [1.29, 1.82) is 1.43 Å². The third-order valence-corrected chi connectivity index (χ3v) is 7.21. The Morgan fingerprint density at radius 1 is 1.23 bits per heavy atom. The van der Waals surface area contributed by atoms with Gasteiger partial charge in [-0.2, -0.15) is 0 Å². The Balaban J connectivity index is 1.66. The predicted octanol–water partition coefficient (Wildman–Crippen LogP) is 2.56. The van der Waals surface area contributed by atoms with Crippen LogP contribution in [-0.2, 0) is 14.3 Å². The van der Waals surface area contributed by atoms with Crippen LogP contribution >= 0.6 is 0 Å². The highest BCUT2D eigenvalue weighted by Gasteiger charge is 2.77. The molecule has 0 aliphatic carbocycles. The van der Waals surface area contributed by atoms with Gasteiger partial charge in [0.15, 0.2) is 5.69 Å². The molecule has 3 heterocycles. The molecule has 0 aromatic heterocycles. The molecule has 0 spiro atoms. The normalized spacial score (nSPS) is 35.0. The molecule has 7 nitrogen and oxygen atoms in total. The number of fused-ring (bicyclic) bond motifs is 6. The van der Waals surface area contributed by atoms with Crippen molar-refractivity contribution in [2.24, 2.45) is 11.8 Å². The van der Waals surface area contributed by atoms with E-state index in [1.54, 1.807) is 24.3 Å².